The third kappa shape index (κ3) is 2.96. The summed E-state index contributed by atoms with van der Waals surface area (Å²) in [7, 11) is -4.29. The van der Waals surface area contributed by atoms with Crippen LogP contribution in [-0.2, 0) is 9.36 Å². The summed E-state index contributed by atoms with van der Waals surface area (Å²) >= 11 is 4.78. The van der Waals surface area contributed by atoms with E-state index in [2.05, 4.69) is 0 Å². The molecular formula is C3H6ClO4P. The molecule has 0 rings (SSSR count). The first-order valence-electron chi connectivity index (χ1n) is 2.10. The average molecular weight is 173 g/mol. The maximum absolute atomic E-state index is 10.2. The number of carbonyl (C=O) groups excluding carboxylic acids is 1. The van der Waals surface area contributed by atoms with Crippen LogP contribution in [-0.4, -0.2) is 20.7 Å². The van der Waals surface area contributed by atoms with Crippen molar-refractivity contribution < 1.29 is 19.1 Å². The number of halogens is 1. The van der Waals surface area contributed by atoms with E-state index in [9.17, 15) is 9.36 Å². The Bertz CT molecular complexity index is 161. The van der Waals surface area contributed by atoms with E-state index in [0.29, 0.717) is 0 Å². The molecule has 0 saturated heterocycles. The van der Waals surface area contributed by atoms with E-state index in [0.717, 1.165) is 6.92 Å². The lowest BCUT2D eigenvalue weighted by atomic mass is 10.5. The zero-order chi connectivity index (χ0) is 7.65. The lowest BCUT2D eigenvalue weighted by Crippen LogP contribution is -2.10. The topological polar surface area (TPSA) is 74.6 Å². The van der Waals surface area contributed by atoms with Gasteiger partial charge in [-0.05, 0) is 18.5 Å². The van der Waals surface area contributed by atoms with Gasteiger partial charge in [-0.2, -0.15) is 0 Å². The second-order valence-electron chi connectivity index (χ2n) is 1.57. The third-order valence-electron chi connectivity index (χ3n) is 0.833. The SMILES string of the molecule is CC(C(=O)Cl)P(=O)(O)O. The molecule has 0 fully saturated rings. The molecule has 6 heteroatoms. The van der Waals surface area contributed by atoms with Crippen LogP contribution in [0.15, 0.2) is 0 Å². The molecule has 0 spiro atoms. The number of rotatable bonds is 2. The zero-order valence-corrected chi connectivity index (χ0v) is 6.26. The van der Waals surface area contributed by atoms with Crippen molar-refractivity contribution in [2.24, 2.45) is 0 Å². The maximum atomic E-state index is 10.2. The van der Waals surface area contributed by atoms with Crippen LogP contribution >= 0.6 is 19.2 Å². The van der Waals surface area contributed by atoms with E-state index in [4.69, 9.17) is 21.4 Å². The molecule has 0 amide bonds. The molecule has 0 aliphatic carbocycles. The first-order chi connectivity index (χ1) is 3.85. The van der Waals surface area contributed by atoms with Gasteiger partial charge >= 0.3 is 7.60 Å². The Kier molecular flexibility index (Phi) is 2.83. The van der Waals surface area contributed by atoms with E-state index in [-0.39, 0.29) is 0 Å². The Hall–Kier alpha value is 0.110. The lowest BCUT2D eigenvalue weighted by Gasteiger charge is -2.06. The van der Waals surface area contributed by atoms with Gasteiger partial charge < -0.3 is 9.79 Å². The molecule has 1 unspecified atom stereocenters. The van der Waals surface area contributed by atoms with Gasteiger partial charge in [-0.3, -0.25) is 9.36 Å². The molecule has 0 bridgehead atoms. The minimum Gasteiger partial charge on any atom is -0.324 e. The second kappa shape index (κ2) is 2.80. The molecule has 0 aliphatic heterocycles. The summed E-state index contributed by atoms with van der Waals surface area (Å²) in [4.78, 5) is 26.6. The molecule has 4 nitrogen and oxygen atoms in total. The fourth-order valence-corrected chi connectivity index (χ4v) is 0.778. The van der Waals surface area contributed by atoms with Crippen LogP contribution in [0.5, 0.6) is 0 Å². The van der Waals surface area contributed by atoms with Crippen LogP contribution in [0.2, 0.25) is 0 Å². The van der Waals surface area contributed by atoms with Crippen molar-refractivity contribution in [3.63, 3.8) is 0 Å². The van der Waals surface area contributed by atoms with Crippen LogP contribution in [0, 0.1) is 0 Å². The summed E-state index contributed by atoms with van der Waals surface area (Å²) in [6.45, 7) is 1.08. The van der Waals surface area contributed by atoms with Gasteiger partial charge in [-0.25, -0.2) is 0 Å². The molecule has 1 atom stereocenters. The fraction of sp³-hybridized carbons (Fsp3) is 0.667. The molecule has 0 aromatic carbocycles. The van der Waals surface area contributed by atoms with Crippen LogP contribution in [0.25, 0.3) is 0 Å². The standard InChI is InChI=1S/C3H6ClO4P/c1-2(3(4)5)9(6,7)8/h2H,1H3,(H2,6,7,8). The number of hydrogen-bond acceptors (Lipinski definition) is 2. The van der Waals surface area contributed by atoms with Gasteiger partial charge in [0.05, 0.1) is 0 Å². The van der Waals surface area contributed by atoms with Gasteiger partial charge in [0.25, 0.3) is 0 Å². The van der Waals surface area contributed by atoms with Gasteiger partial charge in [0, 0.05) is 0 Å². The van der Waals surface area contributed by atoms with Crippen LogP contribution < -0.4 is 0 Å². The van der Waals surface area contributed by atoms with Crippen molar-refractivity contribution in [1.29, 1.82) is 0 Å². The molecular weight excluding hydrogens is 166 g/mol. The van der Waals surface area contributed by atoms with E-state index in [1.807, 2.05) is 0 Å². The van der Waals surface area contributed by atoms with Gasteiger partial charge in [0.15, 0.2) is 0 Å². The number of hydrogen-bond donors (Lipinski definition) is 2. The van der Waals surface area contributed by atoms with Crippen molar-refractivity contribution >= 4 is 24.4 Å². The van der Waals surface area contributed by atoms with Crippen LogP contribution in [0.4, 0.5) is 0 Å². The molecule has 0 radical (unpaired) electrons. The Morgan fingerprint density at radius 1 is 1.67 bits per heavy atom. The molecule has 0 aromatic rings. The highest BCUT2D eigenvalue weighted by Crippen LogP contribution is 2.41. The minimum absolute atomic E-state index is 1.01. The summed E-state index contributed by atoms with van der Waals surface area (Å²) in [5.74, 6) is 0. The predicted octanol–water partition coefficient (Wildman–Crippen LogP) is 0.318. The maximum Gasteiger partial charge on any atom is 0.337 e. The van der Waals surface area contributed by atoms with E-state index in [1.165, 1.54) is 0 Å². The summed E-state index contributed by atoms with van der Waals surface area (Å²) in [6.07, 6.45) is 0. The Morgan fingerprint density at radius 3 is 2.00 bits per heavy atom. The highest BCUT2D eigenvalue weighted by atomic mass is 35.5. The monoisotopic (exact) mass is 172 g/mol. The third-order valence-corrected chi connectivity index (χ3v) is 2.56. The van der Waals surface area contributed by atoms with Crippen molar-refractivity contribution in [2.45, 2.75) is 12.6 Å². The zero-order valence-electron chi connectivity index (χ0n) is 4.61. The summed E-state index contributed by atoms with van der Waals surface area (Å²) in [5, 5.41) is -1.01. The minimum atomic E-state index is -4.29. The molecule has 54 valence electrons. The number of carbonyl (C=O) groups is 1. The molecule has 9 heavy (non-hydrogen) atoms. The molecule has 0 saturated carbocycles. The van der Waals surface area contributed by atoms with Gasteiger partial charge in [-0.1, -0.05) is 0 Å². The summed E-state index contributed by atoms with van der Waals surface area (Å²) < 4.78 is 10.2. The lowest BCUT2D eigenvalue weighted by molar-refractivity contribution is -0.111. The van der Waals surface area contributed by atoms with E-state index in [1.54, 1.807) is 0 Å². The summed E-state index contributed by atoms with van der Waals surface area (Å²) in [5.41, 5.74) is -1.39. The Labute approximate surface area is 57.0 Å². The van der Waals surface area contributed by atoms with E-state index >= 15 is 0 Å². The highest BCUT2D eigenvalue weighted by molar-refractivity contribution is 7.54. The largest absolute Gasteiger partial charge is 0.337 e. The van der Waals surface area contributed by atoms with Gasteiger partial charge in [0.1, 0.15) is 5.66 Å². The molecule has 2 N–H and O–H groups in total. The van der Waals surface area contributed by atoms with Crippen LogP contribution in [0.3, 0.4) is 0 Å². The van der Waals surface area contributed by atoms with Crippen molar-refractivity contribution in [2.75, 3.05) is 0 Å². The van der Waals surface area contributed by atoms with Gasteiger partial charge in [0.2, 0.25) is 5.24 Å². The molecule has 0 aromatic heterocycles. The normalized spacial score (nSPS) is 15.1. The van der Waals surface area contributed by atoms with Crippen LogP contribution in [0.1, 0.15) is 6.92 Å². The molecule has 0 heterocycles. The van der Waals surface area contributed by atoms with E-state index < -0.39 is 18.5 Å². The van der Waals surface area contributed by atoms with Crippen molar-refractivity contribution in [1.82, 2.24) is 0 Å². The van der Waals surface area contributed by atoms with Crippen molar-refractivity contribution in [3.8, 4) is 0 Å². The first-order valence-corrected chi connectivity index (χ1v) is 4.16. The summed E-state index contributed by atoms with van der Waals surface area (Å²) in [6, 6.07) is 0. The average Bonchev–Trinajstić information content (AvgIpc) is 1.62. The Balaban J connectivity index is 4.23. The fourth-order valence-electron chi connectivity index (χ4n) is 0.132. The van der Waals surface area contributed by atoms with Gasteiger partial charge in [-0.15, -0.1) is 0 Å². The second-order valence-corrected chi connectivity index (χ2v) is 3.89. The quantitative estimate of drug-likeness (QED) is 0.465. The van der Waals surface area contributed by atoms with Crippen molar-refractivity contribution in [3.05, 3.63) is 0 Å². The molecule has 0 aliphatic rings. The smallest absolute Gasteiger partial charge is 0.324 e. The highest BCUT2D eigenvalue weighted by Gasteiger charge is 2.29. The first kappa shape index (κ1) is 9.11. The Morgan fingerprint density at radius 2 is 2.00 bits per heavy atom. The predicted molar refractivity (Wildman–Crippen MR) is 32.4 cm³/mol.